The number of nitrogens with one attached hydrogen (secondary N) is 2. The van der Waals surface area contributed by atoms with Crippen molar-refractivity contribution in [1.29, 1.82) is 0 Å². The molecular formula is C11H14N4O2S. The molecule has 0 spiro atoms. The molecule has 0 saturated carbocycles. The van der Waals surface area contributed by atoms with Crippen molar-refractivity contribution < 1.29 is 0 Å². The summed E-state index contributed by atoms with van der Waals surface area (Å²) in [5.41, 5.74) is -0.450. The van der Waals surface area contributed by atoms with E-state index in [1.54, 1.807) is 0 Å². The monoisotopic (exact) mass is 266 g/mol. The van der Waals surface area contributed by atoms with Crippen molar-refractivity contribution in [2.75, 3.05) is 0 Å². The van der Waals surface area contributed by atoms with E-state index in [9.17, 15) is 9.59 Å². The van der Waals surface area contributed by atoms with Gasteiger partial charge in [-0.25, -0.2) is 9.78 Å². The van der Waals surface area contributed by atoms with Crippen LogP contribution < -0.4 is 11.2 Å². The number of aryl methyl sites for hydroxylation is 2. The molecule has 0 radical (unpaired) electrons. The standard InChI is InChI=1S/C11H14N4O2S/c1-3-5-15-8-7(9(16)14-11(15)17)10(18)13-6(4-2)12-8/h3-5H2,1-2H3,(H,12,13,18)(H,14,16,17). The Balaban J connectivity index is 3.00. The van der Waals surface area contributed by atoms with Crippen molar-refractivity contribution in [3.05, 3.63) is 31.3 Å². The van der Waals surface area contributed by atoms with Crippen molar-refractivity contribution in [2.24, 2.45) is 0 Å². The van der Waals surface area contributed by atoms with Gasteiger partial charge in [0.05, 0.1) is 0 Å². The third-order valence-electron chi connectivity index (χ3n) is 2.69. The maximum Gasteiger partial charge on any atom is 0.329 e. The van der Waals surface area contributed by atoms with Crippen LogP contribution in [0.15, 0.2) is 9.59 Å². The molecule has 96 valence electrons. The van der Waals surface area contributed by atoms with Gasteiger partial charge in [0.25, 0.3) is 5.56 Å². The molecule has 0 aliphatic carbocycles. The topological polar surface area (TPSA) is 83.5 Å². The molecule has 2 aromatic rings. The van der Waals surface area contributed by atoms with E-state index in [1.807, 2.05) is 13.8 Å². The van der Waals surface area contributed by atoms with Crippen LogP contribution in [0.25, 0.3) is 11.0 Å². The first kappa shape index (κ1) is 12.7. The van der Waals surface area contributed by atoms with Gasteiger partial charge in [-0.1, -0.05) is 26.1 Å². The first-order valence-electron chi connectivity index (χ1n) is 5.84. The molecular weight excluding hydrogens is 252 g/mol. The zero-order valence-electron chi connectivity index (χ0n) is 10.2. The lowest BCUT2D eigenvalue weighted by atomic mass is 10.3. The molecule has 2 aromatic heterocycles. The van der Waals surface area contributed by atoms with Gasteiger partial charge in [-0.2, -0.15) is 0 Å². The van der Waals surface area contributed by atoms with Crippen LogP contribution in [0.5, 0.6) is 0 Å². The van der Waals surface area contributed by atoms with Crippen molar-refractivity contribution in [1.82, 2.24) is 19.5 Å². The lowest BCUT2D eigenvalue weighted by Crippen LogP contribution is -2.31. The van der Waals surface area contributed by atoms with E-state index in [0.717, 1.165) is 6.42 Å². The molecule has 7 heteroatoms. The molecule has 0 atom stereocenters. The minimum Gasteiger partial charge on any atom is -0.329 e. The van der Waals surface area contributed by atoms with Crippen molar-refractivity contribution in [3.63, 3.8) is 0 Å². The van der Waals surface area contributed by atoms with Gasteiger partial charge in [-0.3, -0.25) is 14.3 Å². The van der Waals surface area contributed by atoms with Gasteiger partial charge in [0.2, 0.25) is 0 Å². The van der Waals surface area contributed by atoms with E-state index in [2.05, 4.69) is 15.0 Å². The Bertz CT molecular complexity index is 756. The van der Waals surface area contributed by atoms with E-state index in [1.165, 1.54) is 4.57 Å². The summed E-state index contributed by atoms with van der Waals surface area (Å²) in [6.45, 7) is 4.40. The molecule has 2 N–H and O–H groups in total. The molecule has 0 bridgehead atoms. The van der Waals surface area contributed by atoms with Crippen LogP contribution in [0.4, 0.5) is 0 Å². The van der Waals surface area contributed by atoms with E-state index >= 15 is 0 Å². The van der Waals surface area contributed by atoms with Crippen LogP contribution in [0.2, 0.25) is 0 Å². The van der Waals surface area contributed by atoms with Gasteiger partial charge in [0, 0.05) is 13.0 Å². The zero-order chi connectivity index (χ0) is 13.3. The highest BCUT2D eigenvalue weighted by Crippen LogP contribution is 2.07. The molecule has 2 rings (SSSR count). The Morgan fingerprint density at radius 3 is 2.61 bits per heavy atom. The van der Waals surface area contributed by atoms with Crippen molar-refractivity contribution >= 4 is 23.3 Å². The van der Waals surface area contributed by atoms with Crippen LogP contribution in [0.1, 0.15) is 26.1 Å². The number of aromatic amines is 2. The number of H-pyrrole nitrogens is 2. The maximum atomic E-state index is 11.8. The fourth-order valence-corrected chi connectivity index (χ4v) is 2.15. The van der Waals surface area contributed by atoms with Gasteiger partial charge in [0.15, 0.2) is 0 Å². The Hall–Kier alpha value is -1.76. The second kappa shape index (κ2) is 4.85. The summed E-state index contributed by atoms with van der Waals surface area (Å²) in [6.07, 6.45) is 1.44. The summed E-state index contributed by atoms with van der Waals surface area (Å²) >= 11 is 5.12. The quantitative estimate of drug-likeness (QED) is 0.815. The van der Waals surface area contributed by atoms with Crippen LogP contribution >= 0.6 is 12.2 Å². The summed E-state index contributed by atoms with van der Waals surface area (Å²) in [5.74, 6) is 0.669. The molecule has 0 unspecified atom stereocenters. The van der Waals surface area contributed by atoms with Crippen molar-refractivity contribution in [3.8, 4) is 0 Å². The summed E-state index contributed by atoms with van der Waals surface area (Å²) in [6, 6.07) is 0. The van der Waals surface area contributed by atoms with Gasteiger partial charge in [-0.05, 0) is 6.42 Å². The van der Waals surface area contributed by atoms with E-state index in [0.29, 0.717) is 24.4 Å². The first-order chi connectivity index (χ1) is 8.58. The van der Waals surface area contributed by atoms with Gasteiger partial charge >= 0.3 is 5.69 Å². The van der Waals surface area contributed by atoms with E-state index < -0.39 is 11.2 Å². The van der Waals surface area contributed by atoms with Gasteiger partial charge < -0.3 is 4.98 Å². The lowest BCUT2D eigenvalue weighted by Gasteiger charge is -2.09. The van der Waals surface area contributed by atoms with Gasteiger partial charge in [-0.15, -0.1) is 0 Å². The van der Waals surface area contributed by atoms with Crippen LogP contribution in [-0.2, 0) is 13.0 Å². The maximum absolute atomic E-state index is 11.8. The molecule has 0 saturated heterocycles. The Labute approximate surface area is 108 Å². The molecule has 0 aliphatic heterocycles. The minimum absolute atomic E-state index is 0.228. The summed E-state index contributed by atoms with van der Waals surface area (Å²) in [5, 5.41) is 0.273. The average Bonchev–Trinajstić information content (AvgIpc) is 2.33. The molecule has 2 heterocycles. The average molecular weight is 266 g/mol. The highest BCUT2D eigenvalue weighted by atomic mass is 32.1. The summed E-state index contributed by atoms with van der Waals surface area (Å²) < 4.78 is 1.72. The third kappa shape index (κ3) is 2.01. The van der Waals surface area contributed by atoms with Crippen LogP contribution in [0, 0.1) is 4.64 Å². The van der Waals surface area contributed by atoms with Crippen molar-refractivity contribution in [2.45, 2.75) is 33.2 Å². The highest BCUT2D eigenvalue weighted by Gasteiger charge is 2.10. The number of hydrogen-bond acceptors (Lipinski definition) is 4. The normalized spacial score (nSPS) is 11.0. The van der Waals surface area contributed by atoms with Gasteiger partial charge in [0.1, 0.15) is 21.5 Å². The number of hydrogen-bond donors (Lipinski definition) is 2. The predicted molar refractivity (Wildman–Crippen MR) is 71.5 cm³/mol. The molecule has 0 amide bonds. The van der Waals surface area contributed by atoms with E-state index in [-0.39, 0.29) is 10.0 Å². The van der Waals surface area contributed by atoms with Crippen LogP contribution in [-0.4, -0.2) is 19.5 Å². The fourth-order valence-electron chi connectivity index (χ4n) is 1.85. The fraction of sp³-hybridized carbons (Fsp3) is 0.455. The highest BCUT2D eigenvalue weighted by molar-refractivity contribution is 7.71. The SMILES string of the molecule is CCCn1c(=O)[nH]c(=O)c2c(=S)nc(CC)[nH]c21. The lowest BCUT2D eigenvalue weighted by molar-refractivity contribution is 0.648. The molecule has 0 fully saturated rings. The Kier molecular flexibility index (Phi) is 3.42. The summed E-state index contributed by atoms with van der Waals surface area (Å²) in [4.78, 5) is 33.0. The molecule has 18 heavy (non-hydrogen) atoms. The molecule has 6 nitrogen and oxygen atoms in total. The predicted octanol–water partition coefficient (Wildman–Crippen LogP) is 1.11. The number of aromatic nitrogens is 4. The second-order valence-electron chi connectivity index (χ2n) is 3.98. The largest absolute Gasteiger partial charge is 0.329 e. The summed E-state index contributed by atoms with van der Waals surface area (Å²) in [7, 11) is 0. The number of nitrogens with zero attached hydrogens (tertiary/aromatic N) is 2. The first-order valence-corrected chi connectivity index (χ1v) is 6.25. The van der Waals surface area contributed by atoms with E-state index in [4.69, 9.17) is 12.2 Å². The molecule has 0 aromatic carbocycles. The molecule has 0 aliphatic rings. The Morgan fingerprint density at radius 1 is 1.28 bits per heavy atom. The Morgan fingerprint density at radius 2 is 2.00 bits per heavy atom. The smallest absolute Gasteiger partial charge is 0.329 e. The second-order valence-corrected chi connectivity index (χ2v) is 4.36. The number of fused-ring (bicyclic) bond motifs is 1. The minimum atomic E-state index is -0.487. The van der Waals surface area contributed by atoms with Crippen LogP contribution in [0.3, 0.4) is 0 Å². The number of rotatable bonds is 3. The third-order valence-corrected chi connectivity index (χ3v) is 2.99. The zero-order valence-corrected chi connectivity index (χ0v) is 11.1.